The lowest BCUT2D eigenvalue weighted by atomic mass is 9.79. The number of para-hydroxylation sites is 1. The van der Waals surface area contributed by atoms with E-state index < -0.39 is 0 Å². The molecule has 5 nitrogen and oxygen atoms in total. The molecule has 0 spiro atoms. The molecular weight excluding hydrogens is 510 g/mol. The molecule has 1 aliphatic carbocycles. The van der Waals surface area contributed by atoms with Crippen LogP contribution in [0, 0.1) is 17.8 Å². The van der Waals surface area contributed by atoms with Gasteiger partial charge in [-0.15, -0.1) is 0 Å². The Morgan fingerprint density at radius 2 is 1.59 bits per heavy atom. The van der Waals surface area contributed by atoms with Crippen LogP contribution in [-0.4, -0.2) is 36.0 Å². The quantitative estimate of drug-likeness (QED) is 0.221. The molecule has 228 valence electrons. The van der Waals surface area contributed by atoms with Gasteiger partial charge in [-0.1, -0.05) is 109 Å². The first-order chi connectivity index (χ1) is 19.7. The van der Waals surface area contributed by atoms with Crippen LogP contribution in [0.25, 0.3) is 0 Å². The summed E-state index contributed by atoms with van der Waals surface area (Å²) >= 11 is 0. The topological polar surface area (TPSA) is 71.0 Å². The molecule has 0 bridgehead atoms. The van der Waals surface area contributed by atoms with Gasteiger partial charge in [-0.05, 0) is 60.3 Å². The van der Waals surface area contributed by atoms with E-state index in [9.17, 15) is 0 Å². The minimum atomic E-state index is 0.00204. The number of hydrogen-bond donors (Lipinski definition) is 3. The summed E-state index contributed by atoms with van der Waals surface area (Å²) in [6.45, 7) is 23.6. The second-order valence-corrected chi connectivity index (χ2v) is 11.4. The minimum absolute atomic E-state index is 0.00204. The summed E-state index contributed by atoms with van der Waals surface area (Å²) in [6, 6.07) is 19.0. The van der Waals surface area contributed by atoms with Crippen molar-refractivity contribution in [2.24, 2.45) is 17.8 Å². The standard InChI is InChI=1S/C20H24O.C10H17NO2.C4H10.C2H4O/c1-16-11-13-18(14-12-16)19-9-5-6-10-20(19)21-15-17-7-3-2-4-8-17;1-4-13-8(3)9-5-11-10(6-12)7(9)2;1-4(2)3;1-2-3/h2-10,16,18H,11-15H2,1H3;9-12H,2-6H2,1H3;4H,1-3H3;2-3H,1H2. The van der Waals surface area contributed by atoms with E-state index in [2.05, 4.69) is 101 Å². The molecule has 1 saturated heterocycles. The summed E-state index contributed by atoms with van der Waals surface area (Å²) < 4.78 is 11.4. The summed E-state index contributed by atoms with van der Waals surface area (Å²) in [5.41, 5.74) is 3.60. The molecule has 2 aliphatic rings. The molecule has 2 aromatic rings. The Labute approximate surface area is 250 Å². The third-order valence-corrected chi connectivity index (χ3v) is 6.98. The number of nitrogens with one attached hydrogen (secondary N) is 1. The van der Waals surface area contributed by atoms with Crippen molar-refractivity contribution in [1.82, 2.24) is 5.32 Å². The fraction of sp³-hybridized carbons (Fsp3) is 0.500. The molecule has 2 aromatic carbocycles. The molecule has 0 aromatic heterocycles. The van der Waals surface area contributed by atoms with Gasteiger partial charge in [0.2, 0.25) is 0 Å². The second kappa shape index (κ2) is 20.8. The number of aliphatic hydroxyl groups excluding tert-OH is 2. The summed E-state index contributed by atoms with van der Waals surface area (Å²) in [7, 11) is 0. The Morgan fingerprint density at radius 3 is 2.12 bits per heavy atom. The zero-order chi connectivity index (χ0) is 30.6. The first kappa shape index (κ1) is 36.0. The molecule has 1 saturated carbocycles. The number of benzene rings is 2. The SMILES string of the molecule is C=C(OCC)C1CNC(CO)C1=C.C=CO.CC(C)C.CC1CCC(c2ccccc2OCc2ccccc2)CC1. The van der Waals surface area contributed by atoms with Crippen LogP contribution >= 0.6 is 0 Å². The van der Waals surface area contributed by atoms with E-state index in [1.807, 2.05) is 13.0 Å². The lowest BCUT2D eigenvalue weighted by Gasteiger charge is -2.27. The van der Waals surface area contributed by atoms with Crippen molar-refractivity contribution >= 4 is 0 Å². The summed E-state index contributed by atoms with van der Waals surface area (Å²) in [5.74, 6) is 4.36. The van der Waals surface area contributed by atoms with Crippen molar-refractivity contribution in [3.05, 3.63) is 103 Å². The van der Waals surface area contributed by atoms with Crippen LogP contribution in [0.4, 0.5) is 0 Å². The van der Waals surface area contributed by atoms with Gasteiger partial charge in [-0.2, -0.15) is 0 Å². The van der Waals surface area contributed by atoms with Crippen molar-refractivity contribution < 1.29 is 19.7 Å². The van der Waals surface area contributed by atoms with Crippen LogP contribution < -0.4 is 10.1 Å². The molecule has 2 fully saturated rings. The molecule has 1 aliphatic heterocycles. The van der Waals surface area contributed by atoms with Gasteiger partial charge in [0.1, 0.15) is 12.4 Å². The van der Waals surface area contributed by atoms with Gasteiger partial charge in [0.25, 0.3) is 0 Å². The van der Waals surface area contributed by atoms with Crippen molar-refractivity contribution in [2.75, 3.05) is 19.8 Å². The molecule has 1 heterocycles. The zero-order valence-electron chi connectivity index (χ0n) is 26.1. The van der Waals surface area contributed by atoms with E-state index in [1.54, 1.807) is 0 Å². The normalized spacial score (nSPS) is 21.2. The van der Waals surface area contributed by atoms with Crippen LogP contribution in [0.2, 0.25) is 0 Å². The molecule has 4 rings (SSSR count). The van der Waals surface area contributed by atoms with E-state index in [0.29, 0.717) is 19.1 Å². The Bertz CT molecular complexity index is 993. The first-order valence-electron chi connectivity index (χ1n) is 15.0. The van der Waals surface area contributed by atoms with Gasteiger partial charge in [0, 0.05) is 6.54 Å². The predicted octanol–water partition coefficient (Wildman–Crippen LogP) is 8.58. The van der Waals surface area contributed by atoms with Crippen LogP contribution in [0.15, 0.2) is 91.9 Å². The van der Waals surface area contributed by atoms with Crippen LogP contribution in [0.3, 0.4) is 0 Å². The number of hydrogen-bond acceptors (Lipinski definition) is 5. The molecule has 41 heavy (non-hydrogen) atoms. The van der Waals surface area contributed by atoms with E-state index >= 15 is 0 Å². The summed E-state index contributed by atoms with van der Waals surface area (Å²) in [4.78, 5) is 0. The van der Waals surface area contributed by atoms with E-state index in [4.69, 9.17) is 19.7 Å². The fourth-order valence-corrected chi connectivity index (χ4v) is 4.81. The van der Waals surface area contributed by atoms with E-state index in [-0.39, 0.29) is 18.6 Å². The van der Waals surface area contributed by atoms with Gasteiger partial charge < -0.3 is 25.0 Å². The van der Waals surface area contributed by atoms with Gasteiger partial charge >= 0.3 is 0 Å². The maximum atomic E-state index is 8.97. The first-order valence-corrected chi connectivity index (χ1v) is 15.0. The predicted molar refractivity (Wildman–Crippen MR) is 173 cm³/mol. The van der Waals surface area contributed by atoms with Crippen LogP contribution in [-0.2, 0) is 11.3 Å². The average Bonchev–Trinajstić information content (AvgIpc) is 3.34. The Hall–Kier alpha value is -3.02. The summed E-state index contributed by atoms with van der Waals surface area (Å²) in [5, 5.41) is 19.5. The van der Waals surface area contributed by atoms with Crippen molar-refractivity contribution in [3.63, 3.8) is 0 Å². The van der Waals surface area contributed by atoms with Gasteiger partial charge in [-0.25, -0.2) is 0 Å². The maximum absolute atomic E-state index is 8.97. The number of rotatable bonds is 8. The van der Waals surface area contributed by atoms with E-state index in [0.717, 1.165) is 41.7 Å². The highest BCUT2D eigenvalue weighted by molar-refractivity contribution is 5.37. The monoisotopic (exact) mass is 565 g/mol. The summed E-state index contributed by atoms with van der Waals surface area (Å²) in [6.07, 6.45) is 6.04. The highest BCUT2D eigenvalue weighted by Gasteiger charge is 2.30. The van der Waals surface area contributed by atoms with Crippen LogP contribution in [0.5, 0.6) is 5.75 Å². The minimum Gasteiger partial charge on any atom is -0.516 e. The Balaban J connectivity index is 0.000000358. The highest BCUT2D eigenvalue weighted by atomic mass is 16.5. The fourth-order valence-electron chi connectivity index (χ4n) is 4.81. The molecule has 2 unspecified atom stereocenters. The largest absolute Gasteiger partial charge is 0.516 e. The number of ether oxygens (including phenoxy) is 2. The molecule has 5 heteroatoms. The lowest BCUT2D eigenvalue weighted by molar-refractivity contribution is 0.205. The third-order valence-electron chi connectivity index (χ3n) is 6.98. The van der Waals surface area contributed by atoms with Gasteiger partial charge in [-0.3, -0.25) is 0 Å². The van der Waals surface area contributed by atoms with E-state index in [1.165, 1.54) is 36.8 Å². The maximum Gasteiger partial charge on any atom is 0.123 e. The average molecular weight is 566 g/mol. The van der Waals surface area contributed by atoms with Crippen molar-refractivity contribution in [2.45, 2.75) is 78.9 Å². The molecular formula is C36H55NO4. The lowest BCUT2D eigenvalue weighted by Crippen LogP contribution is -2.25. The second-order valence-electron chi connectivity index (χ2n) is 11.4. The van der Waals surface area contributed by atoms with Crippen molar-refractivity contribution in [1.29, 1.82) is 0 Å². The smallest absolute Gasteiger partial charge is 0.123 e. The van der Waals surface area contributed by atoms with Gasteiger partial charge in [0.15, 0.2) is 0 Å². The molecule has 0 amide bonds. The highest BCUT2D eigenvalue weighted by Crippen LogP contribution is 2.39. The third kappa shape index (κ3) is 13.9. The zero-order valence-corrected chi connectivity index (χ0v) is 26.1. The number of aliphatic hydroxyl groups is 2. The Morgan fingerprint density at radius 1 is 1.02 bits per heavy atom. The van der Waals surface area contributed by atoms with Crippen LogP contribution in [0.1, 0.15) is 77.3 Å². The molecule has 0 radical (unpaired) electrons. The Kier molecular flexibility index (Phi) is 18.3. The molecule has 2 atom stereocenters. The molecule has 3 N–H and O–H groups in total. The van der Waals surface area contributed by atoms with Crippen molar-refractivity contribution in [3.8, 4) is 5.75 Å². The van der Waals surface area contributed by atoms with Gasteiger partial charge in [0.05, 0.1) is 37.2 Å².